The minimum absolute atomic E-state index is 0.0579. The topological polar surface area (TPSA) is 67.4 Å². The number of ether oxygens (including phenoxy) is 1. The van der Waals surface area contributed by atoms with E-state index in [9.17, 15) is 9.59 Å². The molecule has 0 radical (unpaired) electrons. The normalized spacial score (nSPS) is 18.5. The van der Waals surface area contributed by atoms with Crippen LogP contribution in [0, 0.1) is 5.92 Å². The largest absolute Gasteiger partial charge is 0.464 e. The van der Waals surface area contributed by atoms with Crippen molar-refractivity contribution in [2.24, 2.45) is 5.92 Å². The number of rotatable bonds is 5. The van der Waals surface area contributed by atoms with Crippen molar-refractivity contribution in [3.05, 3.63) is 0 Å². The second-order valence-corrected chi connectivity index (χ2v) is 4.44. The summed E-state index contributed by atoms with van der Waals surface area (Å²) in [7, 11) is 0. The number of nitrogens with one attached hydrogen (secondary N) is 2. The van der Waals surface area contributed by atoms with E-state index in [1.54, 1.807) is 13.8 Å². The van der Waals surface area contributed by atoms with Crippen LogP contribution in [-0.4, -0.2) is 37.6 Å². The number of esters is 1. The Morgan fingerprint density at radius 2 is 2.06 bits per heavy atom. The highest BCUT2D eigenvalue weighted by molar-refractivity contribution is 5.84. The van der Waals surface area contributed by atoms with Crippen LogP contribution in [0.4, 0.5) is 0 Å². The van der Waals surface area contributed by atoms with Crippen LogP contribution in [-0.2, 0) is 14.3 Å². The van der Waals surface area contributed by atoms with Crippen molar-refractivity contribution in [2.45, 2.75) is 39.2 Å². The summed E-state index contributed by atoms with van der Waals surface area (Å²) >= 11 is 0. The molecular weight excluding hydrogens is 220 g/mol. The maximum Gasteiger partial charge on any atom is 0.328 e. The zero-order chi connectivity index (χ0) is 12.7. The minimum Gasteiger partial charge on any atom is -0.464 e. The van der Waals surface area contributed by atoms with E-state index in [0.29, 0.717) is 18.9 Å². The number of amides is 1. The lowest BCUT2D eigenvalue weighted by Crippen LogP contribution is -2.41. The molecule has 1 atom stereocenters. The molecule has 5 nitrogen and oxygen atoms in total. The van der Waals surface area contributed by atoms with E-state index < -0.39 is 6.04 Å². The van der Waals surface area contributed by atoms with Gasteiger partial charge in [0.05, 0.1) is 6.61 Å². The van der Waals surface area contributed by atoms with Crippen molar-refractivity contribution in [3.8, 4) is 0 Å². The highest BCUT2D eigenvalue weighted by Crippen LogP contribution is 2.15. The van der Waals surface area contributed by atoms with E-state index >= 15 is 0 Å². The molecule has 1 unspecified atom stereocenters. The molecule has 17 heavy (non-hydrogen) atoms. The molecule has 0 bridgehead atoms. The molecule has 0 saturated carbocycles. The van der Waals surface area contributed by atoms with Crippen LogP contribution in [0.1, 0.15) is 33.1 Å². The summed E-state index contributed by atoms with van der Waals surface area (Å²) in [6.45, 7) is 5.70. The van der Waals surface area contributed by atoms with Gasteiger partial charge in [-0.2, -0.15) is 0 Å². The Labute approximate surface area is 102 Å². The number of hydrogen-bond acceptors (Lipinski definition) is 4. The molecule has 1 rings (SSSR count). The van der Waals surface area contributed by atoms with E-state index in [0.717, 1.165) is 25.9 Å². The van der Waals surface area contributed by atoms with Gasteiger partial charge in [-0.3, -0.25) is 4.79 Å². The standard InChI is InChI=1S/C12H22N2O3/c1-3-17-12(16)9(2)14-11(15)8-10-4-6-13-7-5-10/h9-10,13H,3-8H2,1-2H3,(H,14,15). The second kappa shape index (κ2) is 7.27. The van der Waals surface area contributed by atoms with Gasteiger partial charge in [0, 0.05) is 6.42 Å². The summed E-state index contributed by atoms with van der Waals surface area (Å²) in [6.07, 6.45) is 2.56. The molecule has 1 saturated heterocycles. The van der Waals surface area contributed by atoms with Crippen LogP contribution in [0.3, 0.4) is 0 Å². The van der Waals surface area contributed by atoms with Crippen LogP contribution in [0.2, 0.25) is 0 Å². The lowest BCUT2D eigenvalue weighted by atomic mass is 9.94. The molecule has 5 heteroatoms. The third kappa shape index (κ3) is 5.17. The Bertz CT molecular complexity index is 262. The van der Waals surface area contributed by atoms with E-state index in [2.05, 4.69) is 10.6 Å². The Morgan fingerprint density at radius 3 is 2.65 bits per heavy atom. The van der Waals surface area contributed by atoms with Gasteiger partial charge < -0.3 is 15.4 Å². The first-order valence-corrected chi connectivity index (χ1v) is 6.30. The molecule has 1 aliphatic heterocycles. The third-order valence-electron chi connectivity index (χ3n) is 2.95. The summed E-state index contributed by atoms with van der Waals surface area (Å²) in [5.41, 5.74) is 0. The molecule has 0 aromatic carbocycles. The Hall–Kier alpha value is -1.10. The van der Waals surface area contributed by atoms with Crippen LogP contribution in [0.5, 0.6) is 0 Å². The van der Waals surface area contributed by atoms with Gasteiger partial charge in [-0.1, -0.05) is 0 Å². The van der Waals surface area contributed by atoms with Gasteiger partial charge in [0.15, 0.2) is 0 Å². The molecule has 2 N–H and O–H groups in total. The van der Waals surface area contributed by atoms with Crippen molar-refractivity contribution >= 4 is 11.9 Å². The fraction of sp³-hybridized carbons (Fsp3) is 0.833. The van der Waals surface area contributed by atoms with Crippen molar-refractivity contribution in [3.63, 3.8) is 0 Å². The fourth-order valence-electron chi connectivity index (χ4n) is 1.97. The highest BCUT2D eigenvalue weighted by Gasteiger charge is 2.20. The first kappa shape index (κ1) is 14.0. The summed E-state index contributed by atoms with van der Waals surface area (Å²) in [4.78, 5) is 23.0. The van der Waals surface area contributed by atoms with Crippen LogP contribution >= 0.6 is 0 Å². The van der Waals surface area contributed by atoms with Crippen molar-refractivity contribution < 1.29 is 14.3 Å². The first-order chi connectivity index (χ1) is 8.13. The third-order valence-corrected chi connectivity index (χ3v) is 2.95. The molecule has 98 valence electrons. The number of carbonyl (C=O) groups is 2. The maximum atomic E-state index is 11.7. The lowest BCUT2D eigenvalue weighted by molar-refractivity contribution is -0.147. The molecule has 0 aromatic rings. The van der Waals surface area contributed by atoms with Gasteiger partial charge in [0.1, 0.15) is 6.04 Å². The predicted molar refractivity (Wildman–Crippen MR) is 64.4 cm³/mol. The minimum atomic E-state index is -0.552. The predicted octanol–water partition coefficient (Wildman–Crippen LogP) is 0.444. The van der Waals surface area contributed by atoms with Gasteiger partial charge in [-0.05, 0) is 45.7 Å². The molecule has 0 aromatic heterocycles. The smallest absolute Gasteiger partial charge is 0.328 e. The quantitative estimate of drug-likeness (QED) is 0.687. The summed E-state index contributed by atoms with van der Waals surface area (Å²) in [5, 5.41) is 5.94. The molecule has 1 aliphatic rings. The first-order valence-electron chi connectivity index (χ1n) is 6.30. The van der Waals surface area contributed by atoms with E-state index in [4.69, 9.17) is 4.74 Å². The van der Waals surface area contributed by atoms with Gasteiger partial charge in [0.2, 0.25) is 5.91 Å². The number of carbonyl (C=O) groups excluding carboxylic acids is 2. The molecule has 0 spiro atoms. The van der Waals surface area contributed by atoms with Gasteiger partial charge in [-0.15, -0.1) is 0 Å². The monoisotopic (exact) mass is 242 g/mol. The lowest BCUT2D eigenvalue weighted by Gasteiger charge is -2.22. The summed E-state index contributed by atoms with van der Waals surface area (Å²) in [5.74, 6) is 0.00857. The van der Waals surface area contributed by atoms with Crippen LogP contribution in [0.15, 0.2) is 0 Å². The summed E-state index contributed by atoms with van der Waals surface area (Å²) < 4.78 is 4.83. The second-order valence-electron chi connectivity index (χ2n) is 4.44. The SMILES string of the molecule is CCOC(=O)C(C)NC(=O)CC1CCNCC1. The Morgan fingerprint density at radius 1 is 1.41 bits per heavy atom. The van der Waals surface area contributed by atoms with Crippen molar-refractivity contribution in [1.82, 2.24) is 10.6 Å². The van der Waals surface area contributed by atoms with Crippen LogP contribution in [0.25, 0.3) is 0 Å². The van der Waals surface area contributed by atoms with Gasteiger partial charge >= 0.3 is 5.97 Å². The van der Waals surface area contributed by atoms with E-state index in [1.807, 2.05) is 0 Å². The van der Waals surface area contributed by atoms with Crippen molar-refractivity contribution in [2.75, 3.05) is 19.7 Å². The van der Waals surface area contributed by atoms with Crippen molar-refractivity contribution in [1.29, 1.82) is 0 Å². The van der Waals surface area contributed by atoms with Gasteiger partial charge in [0.25, 0.3) is 0 Å². The zero-order valence-corrected chi connectivity index (χ0v) is 10.6. The van der Waals surface area contributed by atoms with Crippen LogP contribution < -0.4 is 10.6 Å². The summed E-state index contributed by atoms with van der Waals surface area (Å²) in [6, 6.07) is -0.552. The number of piperidine rings is 1. The average molecular weight is 242 g/mol. The highest BCUT2D eigenvalue weighted by atomic mass is 16.5. The van der Waals surface area contributed by atoms with E-state index in [-0.39, 0.29) is 11.9 Å². The molecule has 0 aliphatic carbocycles. The zero-order valence-electron chi connectivity index (χ0n) is 10.6. The Balaban J connectivity index is 2.25. The van der Waals surface area contributed by atoms with Gasteiger partial charge in [-0.25, -0.2) is 4.79 Å². The fourth-order valence-corrected chi connectivity index (χ4v) is 1.97. The Kier molecular flexibility index (Phi) is 5.97. The molecule has 1 heterocycles. The average Bonchev–Trinajstić information content (AvgIpc) is 2.30. The van der Waals surface area contributed by atoms with E-state index in [1.165, 1.54) is 0 Å². The number of hydrogen-bond donors (Lipinski definition) is 2. The molecular formula is C12H22N2O3. The maximum absolute atomic E-state index is 11.7. The molecule has 1 amide bonds. The molecule has 1 fully saturated rings.